The van der Waals surface area contributed by atoms with Gasteiger partial charge in [0.05, 0.1) is 11.7 Å². The average Bonchev–Trinajstić information content (AvgIpc) is 2.38. The molecule has 0 saturated carbocycles. The molecule has 2 rings (SSSR count). The van der Waals surface area contributed by atoms with Gasteiger partial charge in [0, 0.05) is 5.02 Å². The minimum absolute atomic E-state index is 0.0987. The lowest BCUT2D eigenvalue weighted by atomic mass is 10.00. The van der Waals surface area contributed by atoms with E-state index in [1.807, 2.05) is 38.1 Å². The first kappa shape index (κ1) is 14.4. The van der Waals surface area contributed by atoms with Crippen molar-refractivity contribution in [3.63, 3.8) is 0 Å². The van der Waals surface area contributed by atoms with Crippen LogP contribution in [0.2, 0.25) is 5.02 Å². The van der Waals surface area contributed by atoms with Gasteiger partial charge in [-0.1, -0.05) is 23.7 Å². The maximum Gasteiger partial charge on any atom is 0.336 e. The highest BCUT2D eigenvalue weighted by Gasteiger charge is 2.12. The van der Waals surface area contributed by atoms with Crippen molar-refractivity contribution in [3.8, 4) is 16.9 Å². The summed E-state index contributed by atoms with van der Waals surface area (Å²) in [5.41, 5.74) is 1.62. The Morgan fingerprint density at radius 1 is 1.15 bits per heavy atom. The molecule has 0 spiro atoms. The van der Waals surface area contributed by atoms with Gasteiger partial charge in [0.25, 0.3) is 0 Å². The summed E-state index contributed by atoms with van der Waals surface area (Å²) in [6.07, 6.45) is 0.0987. The largest absolute Gasteiger partial charge is 0.491 e. The molecule has 0 atom stereocenters. The normalized spacial score (nSPS) is 10.6. The summed E-state index contributed by atoms with van der Waals surface area (Å²) < 4.78 is 5.56. The minimum atomic E-state index is -0.973. The third kappa shape index (κ3) is 3.31. The Bertz CT molecular complexity index is 618. The Morgan fingerprint density at radius 3 is 2.35 bits per heavy atom. The van der Waals surface area contributed by atoms with E-state index in [2.05, 4.69) is 0 Å². The van der Waals surface area contributed by atoms with E-state index in [1.165, 1.54) is 6.07 Å². The number of aromatic carboxylic acids is 1. The molecule has 0 saturated heterocycles. The second-order valence-electron chi connectivity index (χ2n) is 4.69. The Labute approximate surface area is 122 Å². The fraction of sp³-hybridized carbons (Fsp3) is 0.188. The molecule has 3 nitrogen and oxygen atoms in total. The molecule has 20 heavy (non-hydrogen) atoms. The molecule has 1 N–H and O–H groups in total. The number of rotatable bonds is 4. The van der Waals surface area contributed by atoms with Crippen molar-refractivity contribution >= 4 is 17.6 Å². The van der Waals surface area contributed by atoms with E-state index < -0.39 is 5.97 Å². The van der Waals surface area contributed by atoms with Crippen molar-refractivity contribution in [2.75, 3.05) is 0 Å². The Hall–Kier alpha value is -2.00. The van der Waals surface area contributed by atoms with Gasteiger partial charge in [-0.15, -0.1) is 0 Å². The van der Waals surface area contributed by atoms with Crippen LogP contribution in [0.1, 0.15) is 24.2 Å². The van der Waals surface area contributed by atoms with Crippen molar-refractivity contribution in [3.05, 3.63) is 53.1 Å². The van der Waals surface area contributed by atoms with E-state index in [9.17, 15) is 9.90 Å². The number of carboxylic acid groups (broad SMARTS) is 1. The minimum Gasteiger partial charge on any atom is -0.491 e. The summed E-state index contributed by atoms with van der Waals surface area (Å²) in [6, 6.07) is 12.0. The molecule has 0 aliphatic rings. The third-order valence-electron chi connectivity index (χ3n) is 2.75. The highest BCUT2D eigenvalue weighted by Crippen LogP contribution is 2.28. The molecule has 0 bridgehead atoms. The predicted octanol–water partition coefficient (Wildman–Crippen LogP) is 4.49. The zero-order chi connectivity index (χ0) is 14.7. The molecule has 104 valence electrons. The zero-order valence-electron chi connectivity index (χ0n) is 11.3. The van der Waals surface area contributed by atoms with Gasteiger partial charge >= 0.3 is 5.97 Å². The zero-order valence-corrected chi connectivity index (χ0v) is 12.0. The standard InChI is InChI=1S/C16H15ClO3/c1-10(2)20-13-6-3-11(4-7-13)15-9-12(17)5-8-14(15)16(18)19/h3-10H,1-2H3,(H,18,19). The summed E-state index contributed by atoms with van der Waals surface area (Å²) >= 11 is 5.95. The van der Waals surface area contributed by atoms with Gasteiger partial charge in [0.2, 0.25) is 0 Å². The Morgan fingerprint density at radius 2 is 1.80 bits per heavy atom. The maximum atomic E-state index is 11.3. The van der Waals surface area contributed by atoms with Crippen LogP contribution in [0.15, 0.2) is 42.5 Å². The van der Waals surface area contributed by atoms with Gasteiger partial charge in [-0.05, 0) is 55.3 Å². The van der Waals surface area contributed by atoms with Crippen molar-refractivity contribution in [1.29, 1.82) is 0 Å². The Balaban J connectivity index is 2.41. The van der Waals surface area contributed by atoms with E-state index in [-0.39, 0.29) is 11.7 Å². The van der Waals surface area contributed by atoms with Crippen molar-refractivity contribution < 1.29 is 14.6 Å². The lowest BCUT2D eigenvalue weighted by Gasteiger charge is -2.11. The fourth-order valence-electron chi connectivity index (χ4n) is 1.93. The molecular weight excluding hydrogens is 276 g/mol. The average molecular weight is 291 g/mol. The highest BCUT2D eigenvalue weighted by molar-refractivity contribution is 6.31. The third-order valence-corrected chi connectivity index (χ3v) is 2.98. The summed E-state index contributed by atoms with van der Waals surface area (Å²) in [5, 5.41) is 9.73. The van der Waals surface area contributed by atoms with Crippen LogP contribution in [0.4, 0.5) is 0 Å². The lowest BCUT2D eigenvalue weighted by molar-refractivity contribution is 0.0697. The molecule has 0 heterocycles. The number of carbonyl (C=O) groups is 1. The van der Waals surface area contributed by atoms with Crippen LogP contribution in [0.5, 0.6) is 5.75 Å². The Kier molecular flexibility index (Phi) is 4.30. The molecule has 0 amide bonds. The van der Waals surface area contributed by atoms with Gasteiger partial charge in [-0.25, -0.2) is 4.79 Å². The molecule has 4 heteroatoms. The molecule has 0 aromatic heterocycles. The van der Waals surface area contributed by atoms with E-state index in [4.69, 9.17) is 16.3 Å². The number of ether oxygens (including phenoxy) is 1. The summed E-state index contributed by atoms with van der Waals surface area (Å²) in [5.74, 6) is -0.221. The summed E-state index contributed by atoms with van der Waals surface area (Å²) in [4.78, 5) is 11.3. The molecule has 0 unspecified atom stereocenters. The van der Waals surface area contributed by atoms with Gasteiger partial charge in [0.1, 0.15) is 5.75 Å². The molecule has 2 aromatic carbocycles. The van der Waals surface area contributed by atoms with Gasteiger partial charge < -0.3 is 9.84 Å². The SMILES string of the molecule is CC(C)Oc1ccc(-c2cc(Cl)ccc2C(=O)O)cc1. The lowest BCUT2D eigenvalue weighted by Crippen LogP contribution is -2.05. The molecule has 0 aliphatic heterocycles. The first-order chi connectivity index (χ1) is 9.47. The number of hydrogen-bond donors (Lipinski definition) is 1. The van der Waals surface area contributed by atoms with Gasteiger partial charge in [-0.3, -0.25) is 0 Å². The number of carboxylic acids is 1. The van der Waals surface area contributed by atoms with Crippen LogP contribution in [-0.4, -0.2) is 17.2 Å². The van der Waals surface area contributed by atoms with Crippen LogP contribution in [0.3, 0.4) is 0 Å². The van der Waals surface area contributed by atoms with E-state index in [1.54, 1.807) is 12.1 Å². The molecule has 0 aliphatic carbocycles. The van der Waals surface area contributed by atoms with Crippen LogP contribution >= 0.6 is 11.6 Å². The molecule has 0 radical (unpaired) electrons. The number of halogens is 1. The van der Waals surface area contributed by atoms with E-state index in [0.717, 1.165) is 11.3 Å². The summed E-state index contributed by atoms with van der Waals surface area (Å²) in [7, 11) is 0. The molecular formula is C16H15ClO3. The first-order valence-electron chi connectivity index (χ1n) is 6.27. The molecule has 2 aromatic rings. The van der Waals surface area contributed by atoms with Crippen molar-refractivity contribution in [2.24, 2.45) is 0 Å². The quantitative estimate of drug-likeness (QED) is 0.902. The van der Waals surface area contributed by atoms with Crippen LogP contribution in [0, 0.1) is 0 Å². The van der Waals surface area contributed by atoms with Crippen LogP contribution in [-0.2, 0) is 0 Å². The predicted molar refractivity (Wildman–Crippen MR) is 79.6 cm³/mol. The van der Waals surface area contributed by atoms with Crippen LogP contribution < -0.4 is 4.74 Å². The smallest absolute Gasteiger partial charge is 0.336 e. The topological polar surface area (TPSA) is 46.5 Å². The van der Waals surface area contributed by atoms with Gasteiger partial charge in [-0.2, -0.15) is 0 Å². The number of benzene rings is 2. The summed E-state index contributed by atoms with van der Waals surface area (Å²) in [6.45, 7) is 3.90. The number of hydrogen-bond acceptors (Lipinski definition) is 2. The van der Waals surface area contributed by atoms with E-state index >= 15 is 0 Å². The monoisotopic (exact) mass is 290 g/mol. The van der Waals surface area contributed by atoms with Crippen molar-refractivity contribution in [2.45, 2.75) is 20.0 Å². The maximum absolute atomic E-state index is 11.3. The van der Waals surface area contributed by atoms with Crippen molar-refractivity contribution in [1.82, 2.24) is 0 Å². The highest BCUT2D eigenvalue weighted by atomic mass is 35.5. The van der Waals surface area contributed by atoms with Gasteiger partial charge in [0.15, 0.2) is 0 Å². The first-order valence-corrected chi connectivity index (χ1v) is 6.65. The fourth-order valence-corrected chi connectivity index (χ4v) is 2.10. The second-order valence-corrected chi connectivity index (χ2v) is 5.12. The van der Waals surface area contributed by atoms with Crippen LogP contribution in [0.25, 0.3) is 11.1 Å². The molecule has 0 fully saturated rings. The second kappa shape index (κ2) is 5.97. The van der Waals surface area contributed by atoms with E-state index in [0.29, 0.717) is 10.6 Å².